The average Bonchev–Trinajstić information content (AvgIpc) is 3.27. The largest absolute Gasteiger partial charge is 0.459 e. The zero-order valence-corrected chi connectivity index (χ0v) is 16.0. The summed E-state index contributed by atoms with van der Waals surface area (Å²) in [5, 5.41) is 2.01. The van der Waals surface area contributed by atoms with Crippen LogP contribution in [0.1, 0.15) is 35.5 Å². The van der Waals surface area contributed by atoms with Crippen LogP contribution in [0.25, 0.3) is 22.2 Å². The van der Waals surface area contributed by atoms with Gasteiger partial charge in [-0.3, -0.25) is 0 Å². The van der Waals surface area contributed by atoms with Crippen LogP contribution in [0.2, 0.25) is 0 Å². The Hall–Kier alpha value is -2.93. The van der Waals surface area contributed by atoms with Crippen LogP contribution in [0.15, 0.2) is 41.8 Å². The molecule has 0 saturated carbocycles. The molecule has 3 aromatic heterocycles. The predicted octanol–water partition coefficient (Wildman–Crippen LogP) is 4.23. The van der Waals surface area contributed by atoms with Crippen molar-refractivity contribution in [3.05, 3.63) is 52.2 Å². The molecule has 2 N–H and O–H groups in total. The van der Waals surface area contributed by atoms with Crippen molar-refractivity contribution in [2.24, 2.45) is 0 Å². The van der Waals surface area contributed by atoms with Crippen molar-refractivity contribution in [1.29, 1.82) is 0 Å². The number of thiophene rings is 1. The van der Waals surface area contributed by atoms with Gasteiger partial charge in [-0.1, -0.05) is 25.1 Å². The van der Waals surface area contributed by atoms with E-state index >= 15 is 0 Å². The molecule has 0 bridgehead atoms. The lowest BCUT2D eigenvalue weighted by Crippen LogP contribution is -2.16. The van der Waals surface area contributed by atoms with Crippen LogP contribution < -0.4 is 5.73 Å². The second-order valence-corrected chi connectivity index (χ2v) is 7.47. The van der Waals surface area contributed by atoms with E-state index in [4.69, 9.17) is 15.5 Å². The van der Waals surface area contributed by atoms with Gasteiger partial charge in [-0.25, -0.2) is 14.8 Å². The zero-order chi connectivity index (χ0) is 19.0. The van der Waals surface area contributed by atoms with Crippen LogP contribution >= 0.6 is 11.3 Å². The minimum atomic E-state index is -0.457. The summed E-state index contributed by atoms with van der Waals surface area (Å²) in [6.07, 6.45) is 0.537. The van der Waals surface area contributed by atoms with Crippen molar-refractivity contribution in [3.8, 4) is 0 Å². The fraction of sp³-hybridized carbons (Fsp3) is 0.250. The molecular formula is C20H20N4O2S. The number of nitrogens with zero attached hydrogens (tertiary/aromatic N) is 3. The molecule has 0 unspecified atom stereocenters. The molecule has 0 spiro atoms. The van der Waals surface area contributed by atoms with E-state index in [1.54, 1.807) is 11.3 Å². The highest BCUT2D eigenvalue weighted by atomic mass is 32.1. The molecule has 3 heterocycles. The first-order valence-corrected chi connectivity index (χ1v) is 9.74. The first-order chi connectivity index (χ1) is 13.1. The number of para-hydroxylation sites is 2. The Morgan fingerprint density at radius 3 is 2.63 bits per heavy atom. The number of hydrogen-bond donors (Lipinski definition) is 1. The Morgan fingerprint density at radius 2 is 1.96 bits per heavy atom. The maximum absolute atomic E-state index is 12.8. The Labute approximate surface area is 160 Å². The maximum atomic E-state index is 12.8. The number of carbonyl (C=O) groups is 1. The van der Waals surface area contributed by atoms with Crippen LogP contribution in [-0.4, -0.2) is 26.6 Å². The van der Waals surface area contributed by atoms with E-state index < -0.39 is 5.97 Å². The second kappa shape index (κ2) is 7.00. The summed E-state index contributed by atoms with van der Waals surface area (Å²) in [5.74, 6) is -0.122. The highest BCUT2D eigenvalue weighted by Crippen LogP contribution is 2.30. The number of ether oxygens (including phenoxy) is 1. The fourth-order valence-corrected chi connectivity index (χ4v) is 3.65. The lowest BCUT2D eigenvalue weighted by Gasteiger charge is -2.11. The molecule has 27 heavy (non-hydrogen) atoms. The summed E-state index contributed by atoms with van der Waals surface area (Å²) in [6, 6.07) is 11.6. The number of fused-ring (bicyclic) bond motifs is 2. The third-order valence-corrected chi connectivity index (χ3v) is 5.43. The van der Waals surface area contributed by atoms with Crippen molar-refractivity contribution >= 4 is 45.3 Å². The summed E-state index contributed by atoms with van der Waals surface area (Å²) >= 11 is 1.63. The summed E-state index contributed by atoms with van der Waals surface area (Å²) in [7, 11) is 0. The Balaban J connectivity index is 1.93. The standard InChI is InChI=1S/C20H20N4O2S/c1-3-12(2)26-20(25)16-17-19(23-15-9-5-4-8-14(15)22-17)24(18(16)21)11-13-7-6-10-27-13/h4-10,12H,3,11,21H2,1-2H3/t12-/m0/s1. The van der Waals surface area contributed by atoms with Crippen molar-refractivity contribution in [1.82, 2.24) is 14.5 Å². The Morgan fingerprint density at radius 1 is 1.22 bits per heavy atom. The summed E-state index contributed by atoms with van der Waals surface area (Å²) in [4.78, 5) is 23.4. The van der Waals surface area contributed by atoms with Crippen molar-refractivity contribution in [2.45, 2.75) is 32.9 Å². The lowest BCUT2D eigenvalue weighted by atomic mass is 10.2. The molecule has 1 atom stereocenters. The number of benzene rings is 1. The normalized spacial score (nSPS) is 12.5. The van der Waals surface area contributed by atoms with Crippen LogP contribution in [0.3, 0.4) is 0 Å². The summed E-state index contributed by atoms with van der Waals surface area (Å²) in [6.45, 7) is 4.36. The van der Waals surface area contributed by atoms with Crippen LogP contribution in [0.4, 0.5) is 5.82 Å². The molecule has 0 aliphatic rings. The minimum Gasteiger partial charge on any atom is -0.459 e. The van der Waals surface area contributed by atoms with Gasteiger partial charge in [0.15, 0.2) is 5.65 Å². The molecule has 0 fully saturated rings. The highest BCUT2D eigenvalue weighted by Gasteiger charge is 2.26. The van der Waals surface area contributed by atoms with Gasteiger partial charge in [0.1, 0.15) is 16.9 Å². The van der Waals surface area contributed by atoms with Crippen LogP contribution in [0.5, 0.6) is 0 Å². The first-order valence-electron chi connectivity index (χ1n) is 8.86. The van der Waals surface area contributed by atoms with Gasteiger partial charge in [0.25, 0.3) is 0 Å². The number of anilines is 1. The molecule has 0 saturated heterocycles. The molecule has 4 aromatic rings. The second-order valence-electron chi connectivity index (χ2n) is 6.43. The van der Waals surface area contributed by atoms with Gasteiger partial charge in [-0.15, -0.1) is 11.3 Å². The van der Waals surface area contributed by atoms with Crippen molar-refractivity contribution in [2.75, 3.05) is 5.73 Å². The van der Waals surface area contributed by atoms with E-state index in [9.17, 15) is 4.79 Å². The van der Waals surface area contributed by atoms with Gasteiger partial charge in [-0.2, -0.15) is 0 Å². The van der Waals surface area contributed by atoms with Crippen molar-refractivity contribution < 1.29 is 9.53 Å². The SMILES string of the molecule is CC[C@H](C)OC(=O)c1c(N)n(Cc2cccs2)c2nc3ccccc3nc12. The summed E-state index contributed by atoms with van der Waals surface area (Å²) in [5.41, 5.74) is 9.25. The topological polar surface area (TPSA) is 83.0 Å². The van der Waals surface area contributed by atoms with Gasteiger partial charge >= 0.3 is 5.97 Å². The van der Waals surface area contributed by atoms with Gasteiger partial charge in [0, 0.05) is 4.88 Å². The molecule has 0 amide bonds. The molecule has 0 aliphatic heterocycles. The molecule has 4 rings (SSSR count). The van der Waals surface area contributed by atoms with E-state index in [1.807, 2.05) is 60.2 Å². The van der Waals surface area contributed by atoms with E-state index in [0.717, 1.165) is 22.3 Å². The smallest absolute Gasteiger partial charge is 0.344 e. The number of aromatic nitrogens is 3. The van der Waals surface area contributed by atoms with Gasteiger partial charge < -0.3 is 15.0 Å². The number of nitrogens with two attached hydrogens (primary N) is 1. The van der Waals surface area contributed by atoms with Gasteiger partial charge in [0.05, 0.1) is 23.7 Å². The van der Waals surface area contributed by atoms with E-state index in [2.05, 4.69) is 4.98 Å². The van der Waals surface area contributed by atoms with Gasteiger partial charge in [-0.05, 0) is 36.9 Å². The van der Waals surface area contributed by atoms with E-state index in [1.165, 1.54) is 0 Å². The quantitative estimate of drug-likeness (QED) is 0.524. The summed E-state index contributed by atoms with van der Waals surface area (Å²) < 4.78 is 7.38. The average molecular weight is 380 g/mol. The molecule has 6 nitrogen and oxygen atoms in total. The Kier molecular flexibility index (Phi) is 4.53. The lowest BCUT2D eigenvalue weighted by molar-refractivity contribution is 0.0338. The molecule has 0 radical (unpaired) electrons. The third-order valence-electron chi connectivity index (χ3n) is 4.57. The fourth-order valence-electron chi connectivity index (χ4n) is 2.96. The molecule has 7 heteroatoms. The van der Waals surface area contributed by atoms with Crippen LogP contribution in [-0.2, 0) is 11.3 Å². The first kappa shape index (κ1) is 17.5. The minimum absolute atomic E-state index is 0.194. The number of nitrogen functional groups attached to an aromatic ring is 1. The molecule has 138 valence electrons. The number of hydrogen-bond acceptors (Lipinski definition) is 6. The van der Waals surface area contributed by atoms with Crippen LogP contribution in [0, 0.1) is 0 Å². The number of carbonyl (C=O) groups excluding carboxylic acids is 1. The van der Waals surface area contributed by atoms with E-state index in [-0.39, 0.29) is 6.10 Å². The Bertz CT molecular complexity index is 1120. The highest BCUT2D eigenvalue weighted by molar-refractivity contribution is 7.09. The number of esters is 1. The monoisotopic (exact) mass is 380 g/mol. The zero-order valence-electron chi connectivity index (χ0n) is 15.2. The molecule has 0 aliphatic carbocycles. The molecule has 1 aromatic carbocycles. The molecular weight excluding hydrogens is 360 g/mol. The number of rotatable bonds is 5. The van der Waals surface area contributed by atoms with Crippen molar-refractivity contribution in [3.63, 3.8) is 0 Å². The third kappa shape index (κ3) is 3.14. The predicted molar refractivity (Wildman–Crippen MR) is 108 cm³/mol. The van der Waals surface area contributed by atoms with Gasteiger partial charge in [0.2, 0.25) is 0 Å². The maximum Gasteiger partial charge on any atom is 0.344 e. The van der Waals surface area contributed by atoms with E-state index in [0.29, 0.717) is 29.1 Å².